The van der Waals surface area contributed by atoms with Crippen LogP contribution in [0.2, 0.25) is 0 Å². The maximum Gasteiger partial charge on any atom is 0.243 e. The van der Waals surface area contributed by atoms with Crippen LogP contribution < -0.4 is 10.6 Å². The first-order valence-corrected chi connectivity index (χ1v) is 11.5. The van der Waals surface area contributed by atoms with Gasteiger partial charge >= 0.3 is 0 Å². The lowest BCUT2D eigenvalue weighted by Gasteiger charge is -2.31. The molecular formula is C19H26N4O2S2. The largest absolute Gasteiger partial charge is 0.356 e. The van der Waals surface area contributed by atoms with Gasteiger partial charge in [-0.25, -0.2) is 8.42 Å². The van der Waals surface area contributed by atoms with Crippen LogP contribution in [-0.2, 0) is 16.6 Å². The fourth-order valence-corrected chi connectivity index (χ4v) is 5.30. The molecule has 1 aromatic heterocycles. The highest BCUT2D eigenvalue weighted by atomic mass is 32.2. The molecule has 27 heavy (non-hydrogen) atoms. The zero-order chi connectivity index (χ0) is 19.1. The molecular weight excluding hydrogens is 380 g/mol. The van der Waals surface area contributed by atoms with Crippen molar-refractivity contribution in [3.05, 3.63) is 52.7 Å². The van der Waals surface area contributed by atoms with Gasteiger partial charge in [-0.2, -0.15) is 15.6 Å². The van der Waals surface area contributed by atoms with Crippen LogP contribution in [0.3, 0.4) is 0 Å². The SMILES string of the molecule is CN=C(NCc1ccsc1)NCC1CCN(S(=O)(=O)c2ccccc2)CC1. The van der Waals surface area contributed by atoms with Gasteiger partial charge in [-0.1, -0.05) is 18.2 Å². The van der Waals surface area contributed by atoms with Crippen LogP contribution in [0.15, 0.2) is 57.0 Å². The standard InChI is InChI=1S/C19H26N4O2S2/c1-20-19(22-14-17-9-12-26-15-17)21-13-16-7-10-23(11-8-16)27(24,25)18-5-3-2-4-6-18/h2-6,9,12,15-16H,7-8,10-11,13-14H2,1H3,(H2,20,21,22). The zero-order valence-electron chi connectivity index (χ0n) is 15.5. The van der Waals surface area contributed by atoms with Gasteiger partial charge in [0.1, 0.15) is 0 Å². The van der Waals surface area contributed by atoms with Crippen molar-refractivity contribution >= 4 is 27.3 Å². The Kier molecular flexibility index (Phi) is 6.87. The van der Waals surface area contributed by atoms with Crippen molar-refractivity contribution in [2.45, 2.75) is 24.3 Å². The Morgan fingerprint density at radius 3 is 2.56 bits per heavy atom. The maximum absolute atomic E-state index is 12.7. The van der Waals surface area contributed by atoms with E-state index < -0.39 is 10.0 Å². The van der Waals surface area contributed by atoms with Crippen LogP contribution in [0.1, 0.15) is 18.4 Å². The second-order valence-electron chi connectivity index (χ2n) is 6.60. The maximum atomic E-state index is 12.7. The highest BCUT2D eigenvalue weighted by molar-refractivity contribution is 7.89. The lowest BCUT2D eigenvalue weighted by molar-refractivity contribution is 0.273. The molecule has 1 aliphatic rings. The summed E-state index contributed by atoms with van der Waals surface area (Å²) in [5, 5.41) is 10.8. The Balaban J connectivity index is 1.45. The molecule has 146 valence electrons. The highest BCUT2D eigenvalue weighted by Crippen LogP contribution is 2.23. The molecule has 2 aromatic rings. The third-order valence-electron chi connectivity index (χ3n) is 4.78. The number of guanidine groups is 1. The molecule has 2 heterocycles. The minimum absolute atomic E-state index is 0.375. The average molecular weight is 407 g/mol. The van der Waals surface area contributed by atoms with Crippen molar-refractivity contribution in [2.75, 3.05) is 26.7 Å². The number of nitrogens with zero attached hydrogens (tertiary/aromatic N) is 2. The van der Waals surface area contributed by atoms with E-state index in [4.69, 9.17) is 0 Å². The zero-order valence-corrected chi connectivity index (χ0v) is 17.1. The average Bonchev–Trinajstić information content (AvgIpc) is 3.23. The fraction of sp³-hybridized carbons (Fsp3) is 0.421. The van der Waals surface area contributed by atoms with Gasteiger partial charge in [-0.3, -0.25) is 4.99 Å². The second-order valence-corrected chi connectivity index (χ2v) is 9.32. The van der Waals surface area contributed by atoms with Gasteiger partial charge in [0.2, 0.25) is 10.0 Å². The molecule has 1 saturated heterocycles. The van der Waals surface area contributed by atoms with Crippen molar-refractivity contribution in [2.24, 2.45) is 10.9 Å². The Hall–Kier alpha value is -1.90. The van der Waals surface area contributed by atoms with Crippen molar-refractivity contribution in [3.8, 4) is 0 Å². The summed E-state index contributed by atoms with van der Waals surface area (Å²) in [5.74, 6) is 1.22. The predicted octanol–water partition coefficient (Wildman–Crippen LogP) is 2.51. The third kappa shape index (κ3) is 5.31. The van der Waals surface area contributed by atoms with E-state index >= 15 is 0 Å². The molecule has 0 aliphatic carbocycles. The van der Waals surface area contributed by atoms with E-state index in [1.165, 1.54) is 5.56 Å². The predicted molar refractivity (Wildman–Crippen MR) is 110 cm³/mol. The number of hydrogen-bond acceptors (Lipinski definition) is 4. The van der Waals surface area contributed by atoms with Gasteiger partial charge in [-0.15, -0.1) is 0 Å². The minimum Gasteiger partial charge on any atom is -0.356 e. The van der Waals surface area contributed by atoms with E-state index in [0.717, 1.165) is 31.9 Å². The van der Waals surface area contributed by atoms with Crippen LogP contribution in [0.4, 0.5) is 0 Å². The highest BCUT2D eigenvalue weighted by Gasteiger charge is 2.29. The summed E-state index contributed by atoms with van der Waals surface area (Å²) < 4.78 is 27.0. The number of sulfonamides is 1. The molecule has 0 radical (unpaired) electrons. The van der Waals surface area contributed by atoms with Gasteiger partial charge in [0.25, 0.3) is 0 Å². The Labute approximate surface area is 165 Å². The number of thiophene rings is 1. The monoisotopic (exact) mass is 406 g/mol. The molecule has 0 saturated carbocycles. The van der Waals surface area contributed by atoms with Crippen molar-refractivity contribution in [1.29, 1.82) is 0 Å². The van der Waals surface area contributed by atoms with Gasteiger partial charge in [0, 0.05) is 33.2 Å². The van der Waals surface area contributed by atoms with Gasteiger partial charge < -0.3 is 10.6 Å². The smallest absolute Gasteiger partial charge is 0.243 e. The second kappa shape index (κ2) is 9.34. The summed E-state index contributed by atoms with van der Waals surface area (Å²) in [6.07, 6.45) is 1.70. The molecule has 6 nitrogen and oxygen atoms in total. The topological polar surface area (TPSA) is 73.8 Å². The lowest BCUT2D eigenvalue weighted by Crippen LogP contribution is -2.44. The van der Waals surface area contributed by atoms with Crippen molar-refractivity contribution < 1.29 is 8.42 Å². The number of benzene rings is 1. The van der Waals surface area contributed by atoms with Gasteiger partial charge in [-0.05, 0) is 53.3 Å². The van der Waals surface area contributed by atoms with E-state index in [9.17, 15) is 8.42 Å². The molecule has 1 aromatic carbocycles. The Morgan fingerprint density at radius 2 is 1.93 bits per heavy atom. The molecule has 0 spiro atoms. The molecule has 2 N–H and O–H groups in total. The molecule has 8 heteroatoms. The quantitative estimate of drug-likeness (QED) is 0.571. The van der Waals surface area contributed by atoms with E-state index in [-0.39, 0.29) is 0 Å². The Morgan fingerprint density at radius 1 is 1.19 bits per heavy atom. The molecule has 0 bridgehead atoms. The first-order valence-electron chi connectivity index (χ1n) is 9.10. The van der Waals surface area contributed by atoms with Crippen LogP contribution >= 0.6 is 11.3 Å². The number of aliphatic imine (C=N–C) groups is 1. The number of hydrogen-bond donors (Lipinski definition) is 2. The summed E-state index contributed by atoms with van der Waals surface area (Å²) in [6.45, 7) is 2.66. The Bertz CT molecular complexity index is 828. The molecule has 0 unspecified atom stereocenters. The lowest BCUT2D eigenvalue weighted by atomic mass is 9.98. The molecule has 3 rings (SSSR count). The molecule has 0 atom stereocenters. The van der Waals surface area contributed by atoms with Crippen LogP contribution in [0.5, 0.6) is 0 Å². The van der Waals surface area contributed by atoms with Crippen molar-refractivity contribution in [3.63, 3.8) is 0 Å². The van der Waals surface area contributed by atoms with E-state index in [0.29, 0.717) is 23.9 Å². The number of rotatable bonds is 6. The molecule has 1 fully saturated rings. The first-order chi connectivity index (χ1) is 13.1. The van der Waals surface area contributed by atoms with E-state index in [2.05, 4.69) is 32.5 Å². The summed E-state index contributed by atoms with van der Waals surface area (Å²) in [5.41, 5.74) is 1.24. The van der Waals surface area contributed by atoms with Gasteiger partial charge in [0.05, 0.1) is 4.90 Å². The van der Waals surface area contributed by atoms with Crippen LogP contribution in [0.25, 0.3) is 0 Å². The minimum atomic E-state index is -3.38. The van der Waals surface area contributed by atoms with Crippen LogP contribution in [-0.4, -0.2) is 45.4 Å². The van der Waals surface area contributed by atoms with Gasteiger partial charge in [0.15, 0.2) is 5.96 Å². The summed E-state index contributed by atoms with van der Waals surface area (Å²) >= 11 is 1.68. The summed E-state index contributed by atoms with van der Waals surface area (Å²) in [7, 11) is -1.62. The summed E-state index contributed by atoms with van der Waals surface area (Å²) in [4.78, 5) is 4.63. The van der Waals surface area contributed by atoms with Crippen molar-refractivity contribution in [1.82, 2.24) is 14.9 Å². The van der Waals surface area contributed by atoms with Crippen LogP contribution in [0, 0.1) is 5.92 Å². The molecule has 0 amide bonds. The first kappa shape index (κ1) is 19.9. The van der Waals surface area contributed by atoms with E-state index in [1.807, 2.05) is 6.07 Å². The normalized spacial score (nSPS) is 17.0. The number of piperidine rings is 1. The van der Waals surface area contributed by atoms with E-state index in [1.54, 1.807) is 47.0 Å². The fourth-order valence-electron chi connectivity index (χ4n) is 3.14. The summed E-state index contributed by atoms with van der Waals surface area (Å²) in [6, 6.07) is 10.8. The third-order valence-corrected chi connectivity index (χ3v) is 7.42. The molecule has 1 aliphatic heterocycles. The number of nitrogens with one attached hydrogen (secondary N) is 2.